The Labute approximate surface area is 56.3 Å². The molecule has 0 aromatic carbocycles. The van der Waals surface area contributed by atoms with E-state index in [1.54, 1.807) is 0 Å². The van der Waals surface area contributed by atoms with Crippen LogP contribution in [-0.2, 0) is 4.74 Å². The second-order valence-corrected chi connectivity index (χ2v) is 1.92. The summed E-state index contributed by atoms with van der Waals surface area (Å²) in [6.45, 7) is 4.02. The van der Waals surface area contributed by atoms with Crippen molar-refractivity contribution in [2.24, 2.45) is 0 Å². The van der Waals surface area contributed by atoms with Gasteiger partial charge in [-0.1, -0.05) is 0 Å². The lowest BCUT2D eigenvalue weighted by molar-refractivity contribution is 0.0503. The van der Waals surface area contributed by atoms with Crippen LogP contribution >= 0.6 is 0 Å². The van der Waals surface area contributed by atoms with Gasteiger partial charge in [-0.15, -0.1) is 0 Å². The van der Waals surface area contributed by atoms with Crippen molar-refractivity contribution in [1.82, 2.24) is 17.2 Å². The molecule has 6 N–H and O–H groups in total. The van der Waals surface area contributed by atoms with Crippen LogP contribution in [0, 0.1) is 0 Å². The van der Waals surface area contributed by atoms with Crippen molar-refractivity contribution in [3.63, 3.8) is 0 Å². The van der Waals surface area contributed by atoms with E-state index in [2.05, 4.69) is 11.9 Å². The summed E-state index contributed by atoms with van der Waals surface area (Å²) in [6, 6.07) is 0. The maximum atomic E-state index is 5.10. The van der Waals surface area contributed by atoms with Gasteiger partial charge in [0, 0.05) is 13.1 Å². The summed E-state index contributed by atoms with van der Waals surface area (Å²) in [6.07, 6.45) is 0. The molecule has 0 aromatic heterocycles. The van der Waals surface area contributed by atoms with E-state index in [4.69, 9.17) is 4.74 Å². The SMILES string of the molecule is CN1CCOCC1.N.N. The molecular weight excluding hydrogens is 118 g/mol. The normalized spacial score (nSPS) is 19.7. The number of likely N-dealkylation sites (N-methyl/N-ethyl adjacent to an activating group) is 1. The summed E-state index contributed by atoms with van der Waals surface area (Å²) in [4.78, 5) is 2.27. The van der Waals surface area contributed by atoms with Crippen molar-refractivity contribution in [3.05, 3.63) is 0 Å². The number of hydrogen-bond donors (Lipinski definition) is 2. The van der Waals surface area contributed by atoms with Crippen molar-refractivity contribution in [3.8, 4) is 0 Å². The lowest BCUT2D eigenvalue weighted by Crippen LogP contribution is -2.32. The van der Waals surface area contributed by atoms with Gasteiger partial charge in [0.2, 0.25) is 0 Å². The molecule has 0 bridgehead atoms. The molecule has 4 nitrogen and oxygen atoms in total. The summed E-state index contributed by atoms with van der Waals surface area (Å²) in [5, 5.41) is 0. The van der Waals surface area contributed by atoms with Gasteiger partial charge in [-0.3, -0.25) is 0 Å². The molecule has 1 rings (SSSR count). The fourth-order valence-corrected chi connectivity index (χ4v) is 0.655. The van der Waals surface area contributed by atoms with Gasteiger partial charge in [0.15, 0.2) is 0 Å². The molecule has 1 heterocycles. The first kappa shape index (κ1) is 11.6. The van der Waals surface area contributed by atoms with Gasteiger partial charge in [-0.05, 0) is 7.05 Å². The quantitative estimate of drug-likeness (QED) is 0.499. The minimum Gasteiger partial charge on any atom is -0.379 e. The maximum absolute atomic E-state index is 5.10. The molecule has 0 aliphatic carbocycles. The molecule has 0 radical (unpaired) electrons. The molecule has 1 aliphatic heterocycles. The third kappa shape index (κ3) is 4.35. The Morgan fingerprint density at radius 1 is 1.11 bits per heavy atom. The minimum absolute atomic E-state index is 0. The highest BCUT2D eigenvalue weighted by Gasteiger charge is 2.02. The smallest absolute Gasteiger partial charge is 0.0594 e. The lowest BCUT2D eigenvalue weighted by Gasteiger charge is -2.21. The van der Waals surface area contributed by atoms with E-state index in [0.717, 1.165) is 26.3 Å². The van der Waals surface area contributed by atoms with E-state index in [-0.39, 0.29) is 12.3 Å². The van der Waals surface area contributed by atoms with E-state index < -0.39 is 0 Å². The highest BCUT2D eigenvalue weighted by Crippen LogP contribution is 1.89. The van der Waals surface area contributed by atoms with E-state index in [1.807, 2.05) is 0 Å². The molecule has 0 saturated carbocycles. The molecule has 58 valence electrons. The second kappa shape index (κ2) is 5.97. The van der Waals surface area contributed by atoms with Crippen LogP contribution in [0.4, 0.5) is 0 Å². The van der Waals surface area contributed by atoms with Crippen molar-refractivity contribution < 1.29 is 4.74 Å². The van der Waals surface area contributed by atoms with Crippen molar-refractivity contribution >= 4 is 0 Å². The molecule has 9 heavy (non-hydrogen) atoms. The zero-order valence-electron chi connectivity index (χ0n) is 6.10. The number of rotatable bonds is 0. The van der Waals surface area contributed by atoms with Crippen molar-refractivity contribution in [2.75, 3.05) is 33.4 Å². The number of nitrogens with zero attached hydrogens (tertiary/aromatic N) is 1. The van der Waals surface area contributed by atoms with Crippen molar-refractivity contribution in [2.45, 2.75) is 0 Å². The van der Waals surface area contributed by atoms with Gasteiger partial charge >= 0.3 is 0 Å². The van der Waals surface area contributed by atoms with Gasteiger partial charge in [0.1, 0.15) is 0 Å². The maximum Gasteiger partial charge on any atom is 0.0594 e. The Kier molecular flexibility index (Phi) is 7.70. The first-order chi connectivity index (χ1) is 3.39. The molecule has 1 saturated heterocycles. The summed E-state index contributed by atoms with van der Waals surface area (Å²) < 4.78 is 5.10. The van der Waals surface area contributed by atoms with Crippen LogP contribution in [0.15, 0.2) is 0 Å². The fourth-order valence-electron chi connectivity index (χ4n) is 0.655. The highest BCUT2D eigenvalue weighted by atomic mass is 16.5. The van der Waals surface area contributed by atoms with Gasteiger partial charge in [-0.2, -0.15) is 0 Å². The Morgan fingerprint density at radius 2 is 1.56 bits per heavy atom. The molecule has 1 fully saturated rings. The summed E-state index contributed by atoms with van der Waals surface area (Å²) in [5.74, 6) is 0. The average molecular weight is 135 g/mol. The molecule has 0 atom stereocenters. The topological polar surface area (TPSA) is 82.5 Å². The predicted octanol–water partition coefficient (Wildman–Crippen LogP) is 0.272. The van der Waals surface area contributed by atoms with Gasteiger partial charge < -0.3 is 21.9 Å². The first-order valence-electron chi connectivity index (χ1n) is 2.66. The molecule has 0 amide bonds. The molecule has 1 aliphatic rings. The van der Waals surface area contributed by atoms with E-state index in [1.165, 1.54) is 0 Å². The minimum atomic E-state index is 0. The Bertz CT molecular complexity index is 54.2. The predicted molar refractivity (Wildman–Crippen MR) is 38.4 cm³/mol. The standard InChI is InChI=1S/C5H11NO.2H3N/c1-6-2-4-7-5-3-6;;/h2-5H2,1H3;2*1H3. The van der Waals surface area contributed by atoms with Crippen LogP contribution in [0.2, 0.25) is 0 Å². The molecule has 0 spiro atoms. The van der Waals surface area contributed by atoms with Crippen LogP contribution in [0.5, 0.6) is 0 Å². The van der Waals surface area contributed by atoms with Gasteiger partial charge in [0.05, 0.1) is 13.2 Å². The zero-order valence-corrected chi connectivity index (χ0v) is 6.10. The second-order valence-electron chi connectivity index (χ2n) is 1.92. The molecular formula is C5H17N3O. The monoisotopic (exact) mass is 135 g/mol. The Morgan fingerprint density at radius 3 is 1.78 bits per heavy atom. The highest BCUT2D eigenvalue weighted by molar-refractivity contribution is 4.53. The van der Waals surface area contributed by atoms with E-state index >= 15 is 0 Å². The summed E-state index contributed by atoms with van der Waals surface area (Å²) in [7, 11) is 2.11. The first-order valence-corrected chi connectivity index (χ1v) is 2.66. The average Bonchev–Trinajstić information content (AvgIpc) is 1.69. The van der Waals surface area contributed by atoms with Crippen LogP contribution in [0.3, 0.4) is 0 Å². The fraction of sp³-hybridized carbons (Fsp3) is 1.00. The third-order valence-corrected chi connectivity index (χ3v) is 1.23. The molecule has 0 aromatic rings. The number of hydrogen-bond acceptors (Lipinski definition) is 4. The van der Waals surface area contributed by atoms with Crippen LogP contribution in [0.1, 0.15) is 0 Å². The van der Waals surface area contributed by atoms with Crippen LogP contribution < -0.4 is 12.3 Å². The zero-order chi connectivity index (χ0) is 5.11. The summed E-state index contributed by atoms with van der Waals surface area (Å²) in [5.41, 5.74) is 0. The largest absolute Gasteiger partial charge is 0.379 e. The van der Waals surface area contributed by atoms with Gasteiger partial charge in [-0.25, -0.2) is 0 Å². The Balaban J connectivity index is 0. The Hall–Kier alpha value is -0.160. The van der Waals surface area contributed by atoms with E-state index in [0.29, 0.717) is 0 Å². The summed E-state index contributed by atoms with van der Waals surface area (Å²) >= 11 is 0. The number of ether oxygens (including phenoxy) is 1. The van der Waals surface area contributed by atoms with Crippen molar-refractivity contribution in [1.29, 1.82) is 0 Å². The van der Waals surface area contributed by atoms with E-state index in [9.17, 15) is 0 Å². The van der Waals surface area contributed by atoms with Gasteiger partial charge in [0.25, 0.3) is 0 Å². The van der Waals surface area contributed by atoms with Crippen LogP contribution in [-0.4, -0.2) is 38.3 Å². The third-order valence-electron chi connectivity index (χ3n) is 1.23. The lowest BCUT2D eigenvalue weighted by atomic mass is 10.5. The molecule has 0 unspecified atom stereocenters. The molecule has 4 heteroatoms. The number of morpholine rings is 1. The van der Waals surface area contributed by atoms with Crippen LogP contribution in [0.25, 0.3) is 0 Å².